The number of alkyl halides is 3. The maximum atomic E-state index is 13.2. The summed E-state index contributed by atoms with van der Waals surface area (Å²) in [5.41, 5.74) is 0.309. The molecule has 1 aliphatic rings. The lowest BCUT2D eigenvalue weighted by Crippen LogP contribution is -2.31. The minimum absolute atomic E-state index is 0.0417. The molecule has 4 nitrogen and oxygen atoms in total. The van der Waals surface area contributed by atoms with Crippen molar-refractivity contribution < 1.29 is 22.7 Å². The average molecular weight is 392 g/mol. The number of amides is 1. The molecule has 0 aliphatic carbocycles. The van der Waals surface area contributed by atoms with Crippen LogP contribution < -0.4 is 0 Å². The van der Waals surface area contributed by atoms with Crippen molar-refractivity contribution in [3.63, 3.8) is 0 Å². The van der Waals surface area contributed by atoms with Gasteiger partial charge in [0.05, 0.1) is 24.0 Å². The molecule has 2 heterocycles. The van der Waals surface area contributed by atoms with Crippen LogP contribution in [0, 0.1) is 0 Å². The molecule has 1 aromatic carbocycles. The lowest BCUT2D eigenvalue weighted by Gasteiger charge is -2.21. The van der Waals surface area contributed by atoms with Gasteiger partial charge in [0, 0.05) is 25.7 Å². The van der Waals surface area contributed by atoms with E-state index in [2.05, 4.69) is 4.98 Å². The van der Waals surface area contributed by atoms with Crippen molar-refractivity contribution in [3.8, 4) is 0 Å². The lowest BCUT2D eigenvalue weighted by molar-refractivity contribution is -0.139. The zero-order valence-corrected chi connectivity index (χ0v) is 15.7. The Labute approximate surface area is 162 Å². The summed E-state index contributed by atoms with van der Waals surface area (Å²) in [5, 5.41) is 0. The molecule has 150 valence electrons. The second-order valence-corrected chi connectivity index (χ2v) is 7.07. The van der Waals surface area contributed by atoms with Crippen LogP contribution in [0.15, 0.2) is 48.7 Å². The first-order chi connectivity index (χ1) is 13.3. The van der Waals surface area contributed by atoms with E-state index in [9.17, 15) is 18.0 Å². The topological polar surface area (TPSA) is 42.4 Å². The first-order valence-electron chi connectivity index (χ1n) is 9.30. The molecule has 1 amide bonds. The van der Waals surface area contributed by atoms with Crippen LogP contribution in [-0.4, -0.2) is 35.0 Å². The molecule has 0 saturated carbocycles. The SMILES string of the molecule is CC(CC(=O)N1CCC(OCc2ccccn2)C1)c1ccccc1C(F)(F)F. The fourth-order valence-corrected chi connectivity index (χ4v) is 3.46. The van der Waals surface area contributed by atoms with Gasteiger partial charge in [-0.25, -0.2) is 0 Å². The molecule has 1 saturated heterocycles. The van der Waals surface area contributed by atoms with Crippen LogP contribution >= 0.6 is 0 Å². The van der Waals surface area contributed by atoms with Crippen LogP contribution in [0.25, 0.3) is 0 Å². The number of carbonyl (C=O) groups is 1. The fraction of sp³-hybridized carbons (Fsp3) is 0.429. The number of ether oxygens (including phenoxy) is 1. The highest BCUT2D eigenvalue weighted by Gasteiger charge is 2.35. The summed E-state index contributed by atoms with van der Waals surface area (Å²) in [4.78, 5) is 18.5. The van der Waals surface area contributed by atoms with E-state index in [0.717, 1.165) is 11.8 Å². The monoisotopic (exact) mass is 392 g/mol. The first-order valence-corrected chi connectivity index (χ1v) is 9.30. The molecule has 1 fully saturated rings. The third-order valence-corrected chi connectivity index (χ3v) is 4.97. The van der Waals surface area contributed by atoms with Gasteiger partial charge in [-0.3, -0.25) is 9.78 Å². The number of likely N-dealkylation sites (tertiary alicyclic amines) is 1. The maximum Gasteiger partial charge on any atom is 0.416 e. The number of benzene rings is 1. The summed E-state index contributed by atoms with van der Waals surface area (Å²) in [6.07, 6.45) is -2.05. The number of hydrogen-bond donors (Lipinski definition) is 0. The van der Waals surface area contributed by atoms with E-state index in [4.69, 9.17) is 4.74 Å². The zero-order valence-electron chi connectivity index (χ0n) is 15.7. The summed E-state index contributed by atoms with van der Waals surface area (Å²) >= 11 is 0. The maximum absolute atomic E-state index is 13.2. The van der Waals surface area contributed by atoms with Gasteiger partial charge >= 0.3 is 6.18 Å². The molecule has 1 aliphatic heterocycles. The number of carbonyl (C=O) groups excluding carboxylic acids is 1. The van der Waals surface area contributed by atoms with Crippen LogP contribution in [-0.2, 0) is 22.3 Å². The Kier molecular flexibility index (Phi) is 6.34. The van der Waals surface area contributed by atoms with E-state index in [-0.39, 0.29) is 24.0 Å². The van der Waals surface area contributed by atoms with E-state index in [0.29, 0.717) is 26.1 Å². The Morgan fingerprint density at radius 1 is 1.25 bits per heavy atom. The fourth-order valence-electron chi connectivity index (χ4n) is 3.46. The summed E-state index contributed by atoms with van der Waals surface area (Å²) < 4.78 is 45.4. The van der Waals surface area contributed by atoms with Gasteiger partial charge in [0.15, 0.2) is 0 Å². The number of halogens is 3. The predicted molar refractivity (Wildman–Crippen MR) is 98.5 cm³/mol. The highest BCUT2D eigenvalue weighted by Crippen LogP contribution is 2.36. The van der Waals surface area contributed by atoms with Crippen LogP contribution in [0.1, 0.15) is 42.5 Å². The van der Waals surface area contributed by atoms with Gasteiger partial charge < -0.3 is 9.64 Å². The first kappa shape index (κ1) is 20.3. The van der Waals surface area contributed by atoms with Gasteiger partial charge in [-0.05, 0) is 36.1 Å². The quantitative estimate of drug-likeness (QED) is 0.731. The summed E-state index contributed by atoms with van der Waals surface area (Å²) in [6, 6.07) is 11.0. The standard InChI is InChI=1S/C21H23F3N2O2/c1-15(18-7-2-3-8-19(18)21(22,23)24)12-20(27)26-11-9-17(13-26)28-14-16-6-4-5-10-25-16/h2-8,10,15,17H,9,11-14H2,1H3. The predicted octanol–water partition coefficient (Wildman–Crippen LogP) is 4.41. The molecule has 0 bridgehead atoms. The van der Waals surface area contributed by atoms with E-state index in [1.165, 1.54) is 12.1 Å². The van der Waals surface area contributed by atoms with Crippen molar-refractivity contribution in [2.75, 3.05) is 13.1 Å². The highest BCUT2D eigenvalue weighted by atomic mass is 19.4. The average Bonchev–Trinajstić information content (AvgIpc) is 3.16. The largest absolute Gasteiger partial charge is 0.416 e. The van der Waals surface area contributed by atoms with Crippen molar-refractivity contribution in [1.82, 2.24) is 9.88 Å². The van der Waals surface area contributed by atoms with Crippen LogP contribution in [0.2, 0.25) is 0 Å². The molecule has 2 aromatic rings. The Balaban J connectivity index is 1.54. The molecule has 2 unspecified atom stereocenters. The van der Waals surface area contributed by atoms with Crippen molar-refractivity contribution >= 4 is 5.91 Å². The van der Waals surface area contributed by atoms with E-state index in [1.54, 1.807) is 24.1 Å². The van der Waals surface area contributed by atoms with Gasteiger partial charge in [0.25, 0.3) is 0 Å². The third-order valence-electron chi connectivity index (χ3n) is 4.97. The number of pyridine rings is 1. The third kappa shape index (κ3) is 5.10. The molecule has 2 atom stereocenters. The molecule has 0 spiro atoms. The zero-order chi connectivity index (χ0) is 20.1. The van der Waals surface area contributed by atoms with Gasteiger partial charge in [0.1, 0.15) is 0 Å². The molecule has 0 N–H and O–H groups in total. The second-order valence-electron chi connectivity index (χ2n) is 7.07. The van der Waals surface area contributed by atoms with Crippen molar-refractivity contribution in [3.05, 3.63) is 65.5 Å². The van der Waals surface area contributed by atoms with E-state index >= 15 is 0 Å². The summed E-state index contributed by atoms with van der Waals surface area (Å²) in [6.45, 7) is 3.05. The molecule has 3 rings (SSSR count). The number of rotatable bonds is 6. The van der Waals surface area contributed by atoms with Gasteiger partial charge in [-0.1, -0.05) is 31.2 Å². The minimum Gasteiger partial charge on any atom is -0.370 e. The summed E-state index contributed by atoms with van der Waals surface area (Å²) in [7, 11) is 0. The van der Waals surface area contributed by atoms with Crippen molar-refractivity contribution in [2.45, 2.75) is 44.6 Å². The molecular weight excluding hydrogens is 369 g/mol. The van der Waals surface area contributed by atoms with Gasteiger partial charge in [-0.2, -0.15) is 13.2 Å². The molecule has 1 aromatic heterocycles. The van der Waals surface area contributed by atoms with Crippen LogP contribution in [0.5, 0.6) is 0 Å². The van der Waals surface area contributed by atoms with E-state index in [1.807, 2.05) is 18.2 Å². The number of aromatic nitrogens is 1. The highest BCUT2D eigenvalue weighted by molar-refractivity contribution is 5.77. The Morgan fingerprint density at radius 3 is 2.71 bits per heavy atom. The Bertz CT molecular complexity index is 796. The molecule has 7 heteroatoms. The smallest absolute Gasteiger partial charge is 0.370 e. The normalized spacial score (nSPS) is 18.3. The number of nitrogens with zero attached hydrogens (tertiary/aromatic N) is 2. The van der Waals surface area contributed by atoms with Gasteiger partial charge in [0.2, 0.25) is 5.91 Å². The molecule has 0 radical (unpaired) electrons. The van der Waals surface area contributed by atoms with Crippen LogP contribution in [0.3, 0.4) is 0 Å². The molecule has 28 heavy (non-hydrogen) atoms. The van der Waals surface area contributed by atoms with Crippen molar-refractivity contribution in [1.29, 1.82) is 0 Å². The minimum atomic E-state index is -4.42. The van der Waals surface area contributed by atoms with Gasteiger partial charge in [-0.15, -0.1) is 0 Å². The Morgan fingerprint density at radius 2 is 2.00 bits per heavy atom. The van der Waals surface area contributed by atoms with E-state index < -0.39 is 17.7 Å². The molecular formula is C21H23F3N2O2. The second kappa shape index (κ2) is 8.73. The number of hydrogen-bond acceptors (Lipinski definition) is 3. The Hall–Kier alpha value is -2.41. The van der Waals surface area contributed by atoms with Crippen LogP contribution in [0.4, 0.5) is 13.2 Å². The summed E-state index contributed by atoms with van der Waals surface area (Å²) in [5.74, 6) is -0.660. The van der Waals surface area contributed by atoms with Crippen molar-refractivity contribution in [2.24, 2.45) is 0 Å². The lowest BCUT2D eigenvalue weighted by atomic mass is 9.92.